The van der Waals surface area contributed by atoms with Crippen LogP contribution in [0.5, 0.6) is 5.75 Å². The molecule has 0 amide bonds. The molecule has 0 radical (unpaired) electrons. The summed E-state index contributed by atoms with van der Waals surface area (Å²) in [6.45, 7) is 7.60. The number of carbonyl (C=O) groups excluding carboxylic acids is 1. The molecule has 0 aromatic heterocycles. The molecule has 3 heteroatoms. The molecule has 21 heavy (non-hydrogen) atoms. The van der Waals surface area contributed by atoms with E-state index in [1.165, 1.54) is 12.8 Å². The molecular formula is C18H28O3. The van der Waals surface area contributed by atoms with Gasteiger partial charge in [0, 0.05) is 0 Å². The molecule has 1 unspecified atom stereocenters. The second-order valence-corrected chi connectivity index (χ2v) is 5.39. The number of hydrogen-bond acceptors (Lipinski definition) is 3. The van der Waals surface area contributed by atoms with Crippen LogP contribution in [0.15, 0.2) is 24.3 Å². The highest BCUT2D eigenvalue weighted by molar-refractivity contribution is 5.89. The summed E-state index contributed by atoms with van der Waals surface area (Å²) in [5.74, 6) is 1.02. The Labute approximate surface area is 128 Å². The second kappa shape index (κ2) is 10.3. The van der Waals surface area contributed by atoms with Crippen LogP contribution < -0.4 is 4.74 Å². The van der Waals surface area contributed by atoms with E-state index in [-0.39, 0.29) is 5.97 Å². The van der Waals surface area contributed by atoms with Crippen molar-refractivity contribution in [2.45, 2.75) is 52.9 Å². The van der Waals surface area contributed by atoms with E-state index in [0.717, 1.165) is 25.0 Å². The summed E-state index contributed by atoms with van der Waals surface area (Å²) in [5.41, 5.74) is 0.587. The van der Waals surface area contributed by atoms with Gasteiger partial charge in [-0.05, 0) is 43.0 Å². The van der Waals surface area contributed by atoms with Crippen molar-refractivity contribution in [2.24, 2.45) is 5.92 Å². The van der Waals surface area contributed by atoms with Crippen LogP contribution >= 0.6 is 0 Å². The number of unbranched alkanes of at least 4 members (excludes halogenated alkanes) is 1. The maximum atomic E-state index is 12.0. The SMILES string of the molecule is CCCCC(CC)COC(=O)c1ccc(OCCC)cc1. The van der Waals surface area contributed by atoms with Crippen LogP contribution in [0.3, 0.4) is 0 Å². The Kier molecular flexibility index (Phi) is 8.56. The van der Waals surface area contributed by atoms with Crippen LogP contribution in [0.1, 0.15) is 63.2 Å². The van der Waals surface area contributed by atoms with Crippen molar-refractivity contribution in [1.29, 1.82) is 0 Å². The molecule has 3 nitrogen and oxygen atoms in total. The minimum Gasteiger partial charge on any atom is -0.494 e. The van der Waals surface area contributed by atoms with E-state index in [0.29, 0.717) is 24.7 Å². The lowest BCUT2D eigenvalue weighted by Gasteiger charge is -2.14. The van der Waals surface area contributed by atoms with Gasteiger partial charge in [0.25, 0.3) is 0 Å². The van der Waals surface area contributed by atoms with Gasteiger partial charge in [0.15, 0.2) is 0 Å². The Morgan fingerprint density at radius 1 is 1.10 bits per heavy atom. The van der Waals surface area contributed by atoms with Gasteiger partial charge < -0.3 is 9.47 Å². The van der Waals surface area contributed by atoms with E-state index >= 15 is 0 Å². The molecule has 0 bridgehead atoms. The topological polar surface area (TPSA) is 35.5 Å². The van der Waals surface area contributed by atoms with Crippen molar-refractivity contribution >= 4 is 5.97 Å². The lowest BCUT2D eigenvalue weighted by atomic mass is 10.0. The van der Waals surface area contributed by atoms with Gasteiger partial charge >= 0.3 is 5.97 Å². The van der Waals surface area contributed by atoms with Crippen LogP contribution in [0.4, 0.5) is 0 Å². The molecule has 1 aromatic carbocycles. The third kappa shape index (κ3) is 6.65. The van der Waals surface area contributed by atoms with Crippen molar-refractivity contribution in [1.82, 2.24) is 0 Å². The molecule has 0 aliphatic carbocycles. The maximum Gasteiger partial charge on any atom is 0.338 e. The molecule has 0 fully saturated rings. The van der Waals surface area contributed by atoms with Gasteiger partial charge in [-0.15, -0.1) is 0 Å². The fourth-order valence-corrected chi connectivity index (χ4v) is 2.08. The van der Waals surface area contributed by atoms with Crippen LogP contribution in [0, 0.1) is 5.92 Å². The predicted octanol–water partition coefficient (Wildman–Crippen LogP) is 4.85. The average molecular weight is 292 g/mol. The van der Waals surface area contributed by atoms with E-state index in [1.807, 2.05) is 12.1 Å². The molecule has 0 N–H and O–H groups in total. The molecule has 0 saturated heterocycles. The molecule has 0 spiro atoms. The Bertz CT molecular complexity index is 397. The molecule has 1 rings (SSSR count). The molecule has 1 atom stereocenters. The fourth-order valence-electron chi connectivity index (χ4n) is 2.08. The first-order valence-corrected chi connectivity index (χ1v) is 8.11. The zero-order chi connectivity index (χ0) is 15.5. The first-order valence-electron chi connectivity index (χ1n) is 8.11. The largest absolute Gasteiger partial charge is 0.494 e. The van der Waals surface area contributed by atoms with Crippen LogP contribution in [-0.4, -0.2) is 19.2 Å². The highest BCUT2D eigenvalue weighted by Gasteiger charge is 2.11. The van der Waals surface area contributed by atoms with Gasteiger partial charge in [0.1, 0.15) is 5.75 Å². The summed E-state index contributed by atoms with van der Waals surface area (Å²) >= 11 is 0. The van der Waals surface area contributed by atoms with Gasteiger partial charge in [-0.1, -0.05) is 40.0 Å². The van der Waals surface area contributed by atoms with Crippen LogP contribution in [-0.2, 0) is 4.74 Å². The molecule has 0 saturated carbocycles. The Morgan fingerprint density at radius 3 is 2.38 bits per heavy atom. The predicted molar refractivity (Wildman–Crippen MR) is 85.8 cm³/mol. The monoisotopic (exact) mass is 292 g/mol. The van der Waals surface area contributed by atoms with Crippen LogP contribution in [0.2, 0.25) is 0 Å². The number of ether oxygens (including phenoxy) is 2. The first kappa shape index (κ1) is 17.5. The molecule has 0 heterocycles. The van der Waals surface area contributed by atoms with Crippen molar-refractivity contribution in [2.75, 3.05) is 13.2 Å². The Hall–Kier alpha value is -1.51. The molecule has 0 aliphatic heterocycles. The van der Waals surface area contributed by atoms with E-state index in [4.69, 9.17) is 9.47 Å². The summed E-state index contributed by atoms with van der Waals surface area (Å²) in [5, 5.41) is 0. The third-order valence-electron chi connectivity index (χ3n) is 3.56. The number of carbonyl (C=O) groups is 1. The van der Waals surface area contributed by atoms with Crippen LogP contribution in [0.25, 0.3) is 0 Å². The zero-order valence-corrected chi connectivity index (χ0v) is 13.6. The Morgan fingerprint density at radius 2 is 1.81 bits per heavy atom. The highest BCUT2D eigenvalue weighted by atomic mass is 16.5. The van der Waals surface area contributed by atoms with Gasteiger partial charge in [0.05, 0.1) is 18.8 Å². The third-order valence-corrected chi connectivity index (χ3v) is 3.56. The molecule has 118 valence electrons. The summed E-state index contributed by atoms with van der Waals surface area (Å²) < 4.78 is 10.9. The maximum absolute atomic E-state index is 12.0. The average Bonchev–Trinajstić information content (AvgIpc) is 2.53. The van der Waals surface area contributed by atoms with Crippen molar-refractivity contribution < 1.29 is 14.3 Å². The lowest BCUT2D eigenvalue weighted by molar-refractivity contribution is 0.0428. The van der Waals surface area contributed by atoms with Crippen molar-refractivity contribution in [3.8, 4) is 5.75 Å². The number of hydrogen-bond donors (Lipinski definition) is 0. The second-order valence-electron chi connectivity index (χ2n) is 5.39. The van der Waals surface area contributed by atoms with Gasteiger partial charge in [-0.25, -0.2) is 4.79 Å². The Balaban J connectivity index is 2.43. The van der Waals surface area contributed by atoms with E-state index in [9.17, 15) is 4.79 Å². The minimum atomic E-state index is -0.244. The number of benzene rings is 1. The first-order chi connectivity index (χ1) is 10.2. The molecular weight excluding hydrogens is 264 g/mol. The lowest BCUT2D eigenvalue weighted by Crippen LogP contribution is -2.14. The standard InChI is InChI=1S/C18H28O3/c1-4-7-8-15(6-3)14-21-18(19)16-9-11-17(12-10-16)20-13-5-2/h9-12,15H,4-8,13-14H2,1-3H3. The fraction of sp³-hybridized carbons (Fsp3) is 0.611. The van der Waals surface area contributed by atoms with Crippen molar-refractivity contribution in [3.63, 3.8) is 0 Å². The zero-order valence-electron chi connectivity index (χ0n) is 13.6. The summed E-state index contributed by atoms with van der Waals surface area (Å²) in [4.78, 5) is 12.0. The summed E-state index contributed by atoms with van der Waals surface area (Å²) in [6, 6.07) is 7.17. The van der Waals surface area contributed by atoms with Gasteiger partial charge in [0.2, 0.25) is 0 Å². The van der Waals surface area contributed by atoms with Gasteiger partial charge in [-0.2, -0.15) is 0 Å². The smallest absolute Gasteiger partial charge is 0.338 e. The summed E-state index contributed by atoms with van der Waals surface area (Å²) in [6.07, 6.45) is 5.53. The quantitative estimate of drug-likeness (QED) is 0.578. The van der Waals surface area contributed by atoms with Crippen molar-refractivity contribution in [3.05, 3.63) is 29.8 Å². The number of esters is 1. The van der Waals surface area contributed by atoms with E-state index in [2.05, 4.69) is 20.8 Å². The molecule has 0 aliphatic rings. The number of rotatable bonds is 10. The van der Waals surface area contributed by atoms with E-state index in [1.54, 1.807) is 12.1 Å². The minimum absolute atomic E-state index is 0.244. The molecule has 1 aromatic rings. The van der Waals surface area contributed by atoms with Gasteiger partial charge in [-0.3, -0.25) is 0 Å². The summed E-state index contributed by atoms with van der Waals surface area (Å²) in [7, 11) is 0. The highest BCUT2D eigenvalue weighted by Crippen LogP contribution is 2.16. The van der Waals surface area contributed by atoms with E-state index < -0.39 is 0 Å². The normalized spacial score (nSPS) is 12.0.